The van der Waals surface area contributed by atoms with Crippen molar-refractivity contribution < 1.29 is 0 Å². The van der Waals surface area contributed by atoms with E-state index in [9.17, 15) is 0 Å². The molecule has 94 valence electrons. The Morgan fingerprint density at radius 3 is 2.50 bits per heavy atom. The predicted octanol–water partition coefficient (Wildman–Crippen LogP) is 2.65. The summed E-state index contributed by atoms with van der Waals surface area (Å²) in [6.45, 7) is 1.87. The van der Waals surface area contributed by atoms with E-state index >= 15 is 0 Å². The molecule has 0 aliphatic rings. The monoisotopic (exact) mass is 261 g/mol. The predicted molar refractivity (Wildman–Crippen MR) is 76.0 cm³/mol. The smallest absolute Gasteiger partial charge is 0.215 e. The molecule has 2 aromatic rings. The summed E-state index contributed by atoms with van der Waals surface area (Å²) in [5.41, 5.74) is 2.88. The summed E-state index contributed by atoms with van der Waals surface area (Å²) in [7, 11) is 4.02. The minimum Gasteiger partial charge on any atom is -0.378 e. The van der Waals surface area contributed by atoms with Gasteiger partial charge in [-0.05, 0) is 43.4 Å². The number of nitrogens with one attached hydrogen (secondary N) is 2. The average molecular weight is 261 g/mol. The first-order valence-electron chi connectivity index (χ1n) is 5.54. The van der Waals surface area contributed by atoms with Crippen LogP contribution in [0.4, 0.5) is 17.2 Å². The van der Waals surface area contributed by atoms with E-state index in [1.807, 2.05) is 50.2 Å². The van der Waals surface area contributed by atoms with Crippen LogP contribution in [-0.2, 0) is 0 Å². The zero-order valence-electron chi connectivity index (χ0n) is 10.6. The molecule has 1 heterocycles. The zero-order valence-corrected chi connectivity index (χ0v) is 11.4. The first-order chi connectivity index (χ1) is 8.56. The lowest BCUT2D eigenvalue weighted by molar-refractivity contribution is 0.914. The molecular weight excluding hydrogens is 246 g/mol. The summed E-state index contributed by atoms with van der Waals surface area (Å²) >= 11 is 4.95. The SMILES string of the molecule is Cc1n[nH]c(=S)nc1Nc1ccc(N(C)C)cc1. The van der Waals surface area contributed by atoms with Gasteiger partial charge in [-0.15, -0.1) is 0 Å². The third-order valence-electron chi connectivity index (χ3n) is 2.52. The van der Waals surface area contributed by atoms with Gasteiger partial charge in [0.2, 0.25) is 4.77 Å². The van der Waals surface area contributed by atoms with Crippen LogP contribution in [0.1, 0.15) is 5.69 Å². The molecule has 5 nitrogen and oxygen atoms in total. The molecule has 0 amide bonds. The molecule has 2 N–H and O–H groups in total. The standard InChI is InChI=1S/C12H15N5S/c1-8-11(14-12(18)16-15-8)13-9-4-6-10(7-5-9)17(2)3/h4-7H,1-3H3,(H2,13,14,16,18). The van der Waals surface area contributed by atoms with Crippen molar-refractivity contribution in [3.63, 3.8) is 0 Å². The van der Waals surface area contributed by atoms with Crippen molar-refractivity contribution >= 4 is 29.4 Å². The van der Waals surface area contributed by atoms with Crippen LogP contribution in [-0.4, -0.2) is 29.3 Å². The van der Waals surface area contributed by atoms with Crippen LogP contribution in [0.2, 0.25) is 0 Å². The van der Waals surface area contributed by atoms with E-state index in [2.05, 4.69) is 20.5 Å². The molecule has 0 fully saturated rings. The molecule has 0 unspecified atom stereocenters. The maximum Gasteiger partial charge on any atom is 0.215 e. The second-order valence-electron chi connectivity index (χ2n) is 4.14. The van der Waals surface area contributed by atoms with Crippen molar-refractivity contribution in [2.24, 2.45) is 0 Å². The molecule has 0 bridgehead atoms. The van der Waals surface area contributed by atoms with Crippen molar-refractivity contribution in [3.8, 4) is 0 Å². The Morgan fingerprint density at radius 1 is 1.22 bits per heavy atom. The van der Waals surface area contributed by atoms with Crippen LogP contribution >= 0.6 is 12.2 Å². The van der Waals surface area contributed by atoms with Gasteiger partial charge in [0.15, 0.2) is 5.82 Å². The minimum atomic E-state index is 0.369. The number of hydrogen-bond acceptors (Lipinski definition) is 5. The second kappa shape index (κ2) is 5.14. The van der Waals surface area contributed by atoms with Crippen molar-refractivity contribution in [3.05, 3.63) is 34.7 Å². The van der Waals surface area contributed by atoms with Crippen molar-refractivity contribution in [1.82, 2.24) is 15.2 Å². The number of nitrogens with zero attached hydrogens (tertiary/aromatic N) is 3. The van der Waals surface area contributed by atoms with Crippen molar-refractivity contribution in [2.75, 3.05) is 24.3 Å². The topological polar surface area (TPSA) is 56.8 Å². The maximum atomic E-state index is 4.95. The highest BCUT2D eigenvalue weighted by molar-refractivity contribution is 7.71. The Morgan fingerprint density at radius 2 is 1.89 bits per heavy atom. The number of hydrogen-bond donors (Lipinski definition) is 2. The first kappa shape index (κ1) is 12.5. The molecule has 0 radical (unpaired) electrons. The third kappa shape index (κ3) is 2.84. The van der Waals surface area contributed by atoms with E-state index in [0.717, 1.165) is 17.1 Å². The number of benzene rings is 1. The van der Waals surface area contributed by atoms with E-state index < -0.39 is 0 Å². The van der Waals surface area contributed by atoms with Gasteiger partial charge in [0.1, 0.15) is 5.69 Å². The minimum absolute atomic E-state index is 0.369. The third-order valence-corrected chi connectivity index (χ3v) is 2.70. The lowest BCUT2D eigenvalue weighted by Gasteiger charge is -2.13. The Hall–Kier alpha value is -1.95. The van der Waals surface area contributed by atoms with Crippen molar-refractivity contribution in [2.45, 2.75) is 6.92 Å². The number of aromatic nitrogens is 3. The molecule has 0 atom stereocenters. The summed E-state index contributed by atoms with van der Waals surface area (Å²) in [6.07, 6.45) is 0. The van der Waals surface area contributed by atoms with Gasteiger partial charge >= 0.3 is 0 Å². The van der Waals surface area contributed by atoms with Crippen LogP contribution in [0.5, 0.6) is 0 Å². The second-order valence-corrected chi connectivity index (χ2v) is 4.53. The molecule has 1 aromatic carbocycles. The number of aromatic amines is 1. The first-order valence-corrected chi connectivity index (χ1v) is 5.95. The fraction of sp³-hybridized carbons (Fsp3) is 0.250. The molecule has 6 heteroatoms. The highest BCUT2D eigenvalue weighted by atomic mass is 32.1. The summed E-state index contributed by atoms with van der Waals surface area (Å²) in [6, 6.07) is 8.07. The largest absolute Gasteiger partial charge is 0.378 e. The summed E-state index contributed by atoms with van der Waals surface area (Å²) in [5.74, 6) is 0.677. The molecule has 0 saturated carbocycles. The molecule has 0 spiro atoms. The molecule has 0 saturated heterocycles. The lowest BCUT2D eigenvalue weighted by Crippen LogP contribution is -2.08. The summed E-state index contributed by atoms with van der Waals surface area (Å²) < 4.78 is 0.369. The van der Waals surface area contributed by atoms with E-state index in [1.165, 1.54) is 0 Å². The van der Waals surface area contributed by atoms with Crippen molar-refractivity contribution in [1.29, 1.82) is 0 Å². The highest BCUT2D eigenvalue weighted by Crippen LogP contribution is 2.19. The van der Waals surface area contributed by atoms with Crippen LogP contribution in [0.3, 0.4) is 0 Å². The average Bonchev–Trinajstić information content (AvgIpc) is 2.34. The molecular formula is C12H15N5S. The van der Waals surface area contributed by atoms with E-state index in [1.54, 1.807) is 0 Å². The van der Waals surface area contributed by atoms with E-state index in [-0.39, 0.29) is 0 Å². The quantitative estimate of drug-likeness (QED) is 0.832. The molecule has 18 heavy (non-hydrogen) atoms. The van der Waals surface area contributed by atoms with Gasteiger partial charge in [0.05, 0.1) is 0 Å². The molecule has 1 aromatic heterocycles. The number of H-pyrrole nitrogens is 1. The number of anilines is 3. The van der Waals surface area contributed by atoms with E-state index in [0.29, 0.717) is 10.6 Å². The fourth-order valence-electron chi connectivity index (χ4n) is 1.49. The van der Waals surface area contributed by atoms with Gasteiger partial charge in [0, 0.05) is 25.5 Å². The van der Waals surface area contributed by atoms with Crippen LogP contribution in [0, 0.1) is 11.7 Å². The van der Waals surface area contributed by atoms with Gasteiger partial charge in [-0.3, -0.25) is 5.10 Å². The van der Waals surface area contributed by atoms with Gasteiger partial charge in [-0.1, -0.05) is 0 Å². The van der Waals surface area contributed by atoms with Crippen LogP contribution < -0.4 is 10.2 Å². The van der Waals surface area contributed by atoms with Gasteiger partial charge < -0.3 is 10.2 Å². The lowest BCUT2D eigenvalue weighted by atomic mass is 10.2. The normalized spacial score (nSPS) is 10.2. The Balaban J connectivity index is 2.23. The molecule has 0 aliphatic carbocycles. The summed E-state index contributed by atoms with van der Waals surface area (Å²) in [5, 5.41) is 9.92. The van der Waals surface area contributed by atoms with Gasteiger partial charge in [0.25, 0.3) is 0 Å². The number of aryl methyl sites for hydroxylation is 1. The van der Waals surface area contributed by atoms with Gasteiger partial charge in [-0.2, -0.15) is 10.1 Å². The highest BCUT2D eigenvalue weighted by Gasteiger charge is 2.02. The van der Waals surface area contributed by atoms with Crippen LogP contribution in [0.15, 0.2) is 24.3 Å². The van der Waals surface area contributed by atoms with Gasteiger partial charge in [-0.25, -0.2) is 0 Å². The Kier molecular flexibility index (Phi) is 3.57. The summed E-state index contributed by atoms with van der Waals surface area (Å²) in [4.78, 5) is 6.25. The zero-order chi connectivity index (χ0) is 13.1. The van der Waals surface area contributed by atoms with Crippen LogP contribution in [0.25, 0.3) is 0 Å². The van der Waals surface area contributed by atoms with E-state index in [4.69, 9.17) is 12.2 Å². The fourth-order valence-corrected chi connectivity index (χ4v) is 1.63. The maximum absolute atomic E-state index is 4.95. The Labute approximate surface area is 111 Å². The molecule has 0 aliphatic heterocycles. The number of rotatable bonds is 3. The molecule has 2 rings (SSSR count). The Bertz CT molecular complexity index is 588.